The normalized spacial score (nSPS) is 22.9. The minimum Gasteiger partial charge on any atom is -0.491 e. The van der Waals surface area contributed by atoms with E-state index in [1.54, 1.807) is 19.1 Å². The van der Waals surface area contributed by atoms with Crippen molar-refractivity contribution < 1.29 is 13.7 Å². The monoisotopic (exact) mass is 267 g/mol. The predicted molar refractivity (Wildman–Crippen MR) is 71.3 cm³/mol. The van der Waals surface area contributed by atoms with Gasteiger partial charge in [-0.1, -0.05) is 19.9 Å². The highest BCUT2D eigenvalue weighted by Crippen LogP contribution is 2.34. The second kappa shape index (κ2) is 5.52. The van der Waals surface area contributed by atoms with E-state index in [9.17, 15) is 9.00 Å². The molecular formula is C13H17NO3S. The van der Waals surface area contributed by atoms with Crippen molar-refractivity contribution in [2.75, 3.05) is 17.7 Å². The van der Waals surface area contributed by atoms with Crippen LogP contribution in [0.4, 0.5) is 5.69 Å². The van der Waals surface area contributed by atoms with E-state index in [1.807, 2.05) is 13.0 Å². The molecule has 4 nitrogen and oxygen atoms in total. The Morgan fingerprint density at radius 2 is 2.28 bits per heavy atom. The Labute approximate surface area is 109 Å². The molecule has 0 saturated carbocycles. The standard InChI is InChI=1S/C13H17NO3S/c1-3-7-17-10-5-4-6-11-12(10)14-13(15)9(2)8-18(11)16/h4-6,9H,3,7-8H2,1-2H3,(H,14,15). The number of carbonyl (C=O) groups is 1. The van der Waals surface area contributed by atoms with Crippen LogP contribution in [-0.4, -0.2) is 22.5 Å². The number of para-hydroxylation sites is 1. The third-order valence-electron chi connectivity index (χ3n) is 2.79. The van der Waals surface area contributed by atoms with E-state index in [0.29, 0.717) is 28.7 Å². The lowest BCUT2D eigenvalue weighted by Gasteiger charge is -2.13. The Bertz CT molecular complexity index is 487. The zero-order valence-electron chi connectivity index (χ0n) is 10.6. The zero-order chi connectivity index (χ0) is 13.1. The summed E-state index contributed by atoms with van der Waals surface area (Å²) in [6, 6.07) is 5.38. The lowest BCUT2D eigenvalue weighted by molar-refractivity contribution is -0.118. The van der Waals surface area contributed by atoms with Crippen molar-refractivity contribution in [1.29, 1.82) is 0 Å². The van der Waals surface area contributed by atoms with E-state index in [-0.39, 0.29) is 11.8 Å². The molecular weight excluding hydrogens is 250 g/mol. The molecule has 5 heteroatoms. The average molecular weight is 267 g/mol. The van der Waals surface area contributed by atoms with Gasteiger partial charge in [0.05, 0.1) is 28.0 Å². The summed E-state index contributed by atoms with van der Waals surface area (Å²) in [5.41, 5.74) is 0.568. The summed E-state index contributed by atoms with van der Waals surface area (Å²) >= 11 is 0. The van der Waals surface area contributed by atoms with Crippen LogP contribution >= 0.6 is 0 Å². The topological polar surface area (TPSA) is 55.4 Å². The Hall–Kier alpha value is -1.36. The summed E-state index contributed by atoms with van der Waals surface area (Å²) in [4.78, 5) is 12.5. The van der Waals surface area contributed by atoms with E-state index in [0.717, 1.165) is 6.42 Å². The number of rotatable bonds is 3. The van der Waals surface area contributed by atoms with Crippen molar-refractivity contribution in [2.45, 2.75) is 25.2 Å². The van der Waals surface area contributed by atoms with Gasteiger partial charge in [0, 0.05) is 11.7 Å². The minimum absolute atomic E-state index is 0.102. The first-order valence-electron chi connectivity index (χ1n) is 6.08. The fourth-order valence-corrected chi connectivity index (χ4v) is 3.19. The summed E-state index contributed by atoms with van der Waals surface area (Å²) in [7, 11) is -1.16. The molecule has 2 unspecified atom stereocenters. The summed E-state index contributed by atoms with van der Waals surface area (Å²) in [5.74, 6) is 0.604. The molecule has 0 radical (unpaired) electrons. The molecule has 1 aliphatic rings. The van der Waals surface area contributed by atoms with Crippen LogP contribution in [0.25, 0.3) is 0 Å². The summed E-state index contributed by atoms with van der Waals surface area (Å²) in [6.45, 7) is 4.38. The third kappa shape index (κ3) is 2.56. The molecule has 0 bridgehead atoms. The summed E-state index contributed by atoms with van der Waals surface area (Å²) in [5, 5.41) is 2.82. The third-order valence-corrected chi connectivity index (χ3v) is 4.43. The number of anilines is 1. The molecule has 1 amide bonds. The SMILES string of the molecule is CCCOc1cccc2c1NC(=O)C(C)CS2=O. The van der Waals surface area contributed by atoms with Gasteiger partial charge in [-0.15, -0.1) is 0 Å². The first-order chi connectivity index (χ1) is 8.63. The molecule has 0 spiro atoms. The van der Waals surface area contributed by atoms with E-state index < -0.39 is 10.8 Å². The van der Waals surface area contributed by atoms with Crippen LogP contribution in [-0.2, 0) is 15.6 Å². The Morgan fingerprint density at radius 1 is 1.50 bits per heavy atom. The van der Waals surface area contributed by atoms with Crippen molar-refractivity contribution in [2.24, 2.45) is 5.92 Å². The van der Waals surface area contributed by atoms with E-state index in [4.69, 9.17) is 4.74 Å². The maximum atomic E-state index is 12.2. The number of hydrogen-bond donors (Lipinski definition) is 1. The van der Waals surface area contributed by atoms with Gasteiger partial charge in [-0.25, -0.2) is 0 Å². The smallest absolute Gasteiger partial charge is 0.228 e. The largest absolute Gasteiger partial charge is 0.491 e. The number of hydrogen-bond acceptors (Lipinski definition) is 3. The van der Waals surface area contributed by atoms with Crippen molar-refractivity contribution in [3.63, 3.8) is 0 Å². The molecule has 0 saturated heterocycles. The van der Waals surface area contributed by atoms with Gasteiger partial charge in [-0.2, -0.15) is 0 Å². The molecule has 1 heterocycles. The maximum absolute atomic E-state index is 12.2. The van der Waals surface area contributed by atoms with Gasteiger partial charge in [0.2, 0.25) is 5.91 Å². The van der Waals surface area contributed by atoms with Crippen molar-refractivity contribution in [1.82, 2.24) is 0 Å². The van der Waals surface area contributed by atoms with Crippen LogP contribution in [0.5, 0.6) is 5.75 Å². The van der Waals surface area contributed by atoms with Gasteiger partial charge in [0.1, 0.15) is 5.75 Å². The van der Waals surface area contributed by atoms with E-state index in [1.165, 1.54) is 0 Å². The Balaban J connectivity index is 2.41. The molecule has 1 N–H and O–H groups in total. The first kappa shape index (κ1) is 13.1. The van der Waals surface area contributed by atoms with Crippen LogP contribution in [0, 0.1) is 5.92 Å². The van der Waals surface area contributed by atoms with Crippen LogP contribution in [0.3, 0.4) is 0 Å². The Kier molecular flexibility index (Phi) is 4.01. The second-order valence-electron chi connectivity index (χ2n) is 4.38. The van der Waals surface area contributed by atoms with Crippen LogP contribution in [0.15, 0.2) is 23.1 Å². The molecule has 18 heavy (non-hydrogen) atoms. The first-order valence-corrected chi connectivity index (χ1v) is 7.40. The van der Waals surface area contributed by atoms with Crippen LogP contribution < -0.4 is 10.1 Å². The van der Waals surface area contributed by atoms with Gasteiger partial charge in [0.15, 0.2) is 0 Å². The second-order valence-corrected chi connectivity index (χ2v) is 5.84. The summed E-state index contributed by atoms with van der Waals surface area (Å²) < 4.78 is 17.7. The minimum atomic E-state index is -1.16. The zero-order valence-corrected chi connectivity index (χ0v) is 11.4. The lowest BCUT2D eigenvalue weighted by Crippen LogP contribution is -2.21. The van der Waals surface area contributed by atoms with Gasteiger partial charge in [0.25, 0.3) is 0 Å². The molecule has 1 aromatic carbocycles. The number of amides is 1. The van der Waals surface area contributed by atoms with Crippen molar-refractivity contribution in [3.8, 4) is 5.75 Å². The van der Waals surface area contributed by atoms with Crippen LogP contribution in [0.1, 0.15) is 20.3 Å². The maximum Gasteiger partial charge on any atom is 0.228 e. The highest BCUT2D eigenvalue weighted by molar-refractivity contribution is 7.85. The van der Waals surface area contributed by atoms with Gasteiger partial charge >= 0.3 is 0 Å². The molecule has 98 valence electrons. The van der Waals surface area contributed by atoms with Gasteiger partial charge < -0.3 is 10.1 Å². The highest BCUT2D eigenvalue weighted by atomic mass is 32.2. The quantitative estimate of drug-likeness (QED) is 0.913. The Morgan fingerprint density at radius 3 is 3.00 bits per heavy atom. The highest BCUT2D eigenvalue weighted by Gasteiger charge is 2.26. The van der Waals surface area contributed by atoms with Crippen molar-refractivity contribution in [3.05, 3.63) is 18.2 Å². The molecule has 2 atom stereocenters. The number of benzene rings is 1. The average Bonchev–Trinajstić information content (AvgIpc) is 2.46. The molecule has 1 aromatic rings. The van der Waals surface area contributed by atoms with E-state index >= 15 is 0 Å². The molecule has 1 aliphatic heterocycles. The molecule has 0 fully saturated rings. The number of ether oxygens (including phenoxy) is 1. The van der Waals surface area contributed by atoms with Crippen LogP contribution in [0.2, 0.25) is 0 Å². The molecule has 0 aliphatic carbocycles. The fourth-order valence-electron chi connectivity index (χ4n) is 1.80. The molecule has 0 aromatic heterocycles. The fraction of sp³-hybridized carbons (Fsp3) is 0.462. The number of nitrogens with one attached hydrogen (secondary N) is 1. The van der Waals surface area contributed by atoms with Gasteiger partial charge in [-0.05, 0) is 18.6 Å². The molecule has 2 rings (SSSR count). The van der Waals surface area contributed by atoms with Gasteiger partial charge in [-0.3, -0.25) is 9.00 Å². The van der Waals surface area contributed by atoms with Crippen molar-refractivity contribution >= 4 is 22.4 Å². The number of carbonyl (C=O) groups excluding carboxylic acids is 1. The lowest BCUT2D eigenvalue weighted by atomic mass is 10.2. The summed E-state index contributed by atoms with van der Waals surface area (Å²) in [6.07, 6.45) is 0.886. The number of fused-ring (bicyclic) bond motifs is 1. The van der Waals surface area contributed by atoms with E-state index in [2.05, 4.69) is 5.32 Å². The predicted octanol–water partition coefficient (Wildman–Crippen LogP) is 2.17.